The zero-order chi connectivity index (χ0) is 37.2. The number of phosphoric acid groups is 1. The summed E-state index contributed by atoms with van der Waals surface area (Å²) in [5.41, 5.74) is 0. The van der Waals surface area contributed by atoms with Crippen molar-refractivity contribution < 1.29 is 42.1 Å². The molecule has 50 heavy (non-hydrogen) atoms. The van der Waals surface area contributed by atoms with E-state index in [4.69, 9.17) is 18.5 Å². The number of quaternary nitrogens is 1. The molecular weight excluding hydrogens is 653 g/mol. The van der Waals surface area contributed by atoms with E-state index in [2.05, 4.69) is 62.5 Å². The van der Waals surface area contributed by atoms with E-state index in [1.807, 2.05) is 21.1 Å². The van der Waals surface area contributed by atoms with Gasteiger partial charge >= 0.3 is 19.8 Å². The summed E-state index contributed by atoms with van der Waals surface area (Å²) in [5.74, 6) is -0.861. The molecule has 1 N–H and O–H groups in total. The number of unbranched alkanes of at least 4 members (excludes halogenated alkanes) is 12. The Morgan fingerprint density at radius 2 is 1.10 bits per heavy atom. The second-order valence-corrected chi connectivity index (χ2v) is 15.4. The van der Waals surface area contributed by atoms with Crippen LogP contribution in [0.5, 0.6) is 0 Å². The molecule has 0 aliphatic heterocycles. The summed E-state index contributed by atoms with van der Waals surface area (Å²) in [4.78, 5) is 35.1. The molecular formula is C40H73NO8P+. The van der Waals surface area contributed by atoms with Crippen molar-refractivity contribution in [1.82, 2.24) is 0 Å². The van der Waals surface area contributed by atoms with Crippen molar-refractivity contribution in [2.75, 3.05) is 47.5 Å². The highest BCUT2D eigenvalue weighted by Gasteiger charge is 2.27. The number of likely N-dealkylation sites (N-methyl/N-ethyl adjacent to an activating group) is 1. The fraction of sp³-hybridized carbons (Fsp3) is 0.750. The molecule has 0 heterocycles. The second-order valence-electron chi connectivity index (χ2n) is 14.0. The molecule has 2 atom stereocenters. The average molecular weight is 727 g/mol. The maximum Gasteiger partial charge on any atom is 0.472 e. The first-order valence-corrected chi connectivity index (χ1v) is 20.9. The van der Waals surface area contributed by atoms with Crippen LogP contribution in [0.3, 0.4) is 0 Å². The number of nitrogens with zero attached hydrogens (tertiary/aromatic N) is 1. The van der Waals surface area contributed by atoms with Gasteiger partial charge in [-0.15, -0.1) is 0 Å². The highest BCUT2D eigenvalue weighted by molar-refractivity contribution is 7.47. The van der Waals surface area contributed by atoms with Crippen molar-refractivity contribution in [3.05, 3.63) is 48.6 Å². The molecule has 9 nitrogen and oxygen atoms in total. The molecule has 10 heteroatoms. The number of rotatable bonds is 34. The number of phosphoric ester groups is 1. The monoisotopic (exact) mass is 727 g/mol. The summed E-state index contributed by atoms with van der Waals surface area (Å²) in [6, 6.07) is 0. The van der Waals surface area contributed by atoms with E-state index in [1.165, 1.54) is 32.1 Å². The summed E-state index contributed by atoms with van der Waals surface area (Å²) in [6.07, 6.45) is 35.9. The second kappa shape index (κ2) is 32.8. The van der Waals surface area contributed by atoms with Crippen LogP contribution >= 0.6 is 7.82 Å². The first-order valence-electron chi connectivity index (χ1n) is 19.4. The van der Waals surface area contributed by atoms with Crippen LogP contribution in [0, 0.1) is 0 Å². The van der Waals surface area contributed by atoms with E-state index >= 15 is 0 Å². The zero-order valence-electron chi connectivity index (χ0n) is 32.4. The van der Waals surface area contributed by atoms with Crippen molar-refractivity contribution in [2.24, 2.45) is 0 Å². The van der Waals surface area contributed by atoms with Gasteiger partial charge in [-0.25, -0.2) is 4.57 Å². The van der Waals surface area contributed by atoms with E-state index in [-0.39, 0.29) is 26.1 Å². The lowest BCUT2D eigenvalue weighted by molar-refractivity contribution is -0.870. The van der Waals surface area contributed by atoms with Crippen LogP contribution in [-0.4, -0.2) is 74.9 Å². The van der Waals surface area contributed by atoms with Gasteiger partial charge in [0.1, 0.15) is 19.8 Å². The van der Waals surface area contributed by atoms with Gasteiger partial charge in [0.2, 0.25) is 0 Å². The molecule has 0 amide bonds. The van der Waals surface area contributed by atoms with Gasteiger partial charge < -0.3 is 18.9 Å². The number of carbonyl (C=O) groups is 2. The molecule has 0 spiro atoms. The van der Waals surface area contributed by atoms with Crippen LogP contribution in [0.15, 0.2) is 48.6 Å². The Morgan fingerprint density at radius 1 is 0.620 bits per heavy atom. The first-order chi connectivity index (χ1) is 24.0. The fourth-order valence-corrected chi connectivity index (χ4v) is 5.45. The minimum Gasteiger partial charge on any atom is -0.462 e. The van der Waals surface area contributed by atoms with Crippen molar-refractivity contribution in [2.45, 2.75) is 148 Å². The van der Waals surface area contributed by atoms with Crippen LogP contribution in [0.1, 0.15) is 142 Å². The Bertz CT molecular complexity index is 1000. The van der Waals surface area contributed by atoms with E-state index in [9.17, 15) is 19.0 Å². The summed E-state index contributed by atoms with van der Waals surface area (Å²) < 4.78 is 34.1. The average Bonchev–Trinajstić information content (AvgIpc) is 3.06. The predicted octanol–water partition coefficient (Wildman–Crippen LogP) is 10.3. The molecule has 0 aliphatic carbocycles. The van der Waals surface area contributed by atoms with Crippen molar-refractivity contribution >= 4 is 19.8 Å². The van der Waals surface area contributed by atoms with Crippen LogP contribution < -0.4 is 0 Å². The zero-order valence-corrected chi connectivity index (χ0v) is 33.3. The summed E-state index contributed by atoms with van der Waals surface area (Å²) in [6.45, 7) is 4.27. The highest BCUT2D eigenvalue weighted by Crippen LogP contribution is 2.43. The topological polar surface area (TPSA) is 108 Å². The quantitative estimate of drug-likeness (QED) is 0.0230. The van der Waals surface area contributed by atoms with Gasteiger partial charge in [0.25, 0.3) is 0 Å². The third kappa shape index (κ3) is 35.8. The summed E-state index contributed by atoms with van der Waals surface area (Å²) >= 11 is 0. The maximum atomic E-state index is 12.6. The third-order valence-electron chi connectivity index (χ3n) is 7.83. The van der Waals surface area contributed by atoms with Gasteiger partial charge in [-0.3, -0.25) is 18.6 Å². The first kappa shape index (κ1) is 48.0. The van der Waals surface area contributed by atoms with Crippen molar-refractivity contribution in [3.63, 3.8) is 0 Å². The molecule has 0 fully saturated rings. The van der Waals surface area contributed by atoms with Crippen molar-refractivity contribution in [3.8, 4) is 0 Å². The van der Waals surface area contributed by atoms with Crippen LogP contribution in [-0.2, 0) is 32.7 Å². The van der Waals surface area contributed by atoms with Gasteiger partial charge in [-0.05, 0) is 70.6 Å². The molecule has 0 saturated carbocycles. The lowest BCUT2D eigenvalue weighted by atomic mass is 10.1. The number of esters is 2. The van der Waals surface area contributed by atoms with Gasteiger partial charge in [0, 0.05) is 12.8 Å². The number of carbonyl (C=O) groups excluding carboxylic acids is 2. The fourth-order valence-electron chi connectivity index (χ4n) is 4.70. The SMILES string of the molecule is CCCC/C=C\CCCCCCCC(=O)OC[C@H](COP(=O)(O)OCC[N+](C)(C)C)OC(=O)CCCC/C=C\C/C=C\C/C=C\CCCCC. The summed E-state index contributed by atoms with van der Waals surface area (Å²) in [7, 11) is 1.44. The Morgan fingerprint density at radius 3 is 1.72 bits per heavy atom. The maximum absolute atomic E-state index is 12.6. The minimum atomic E-state index is -4.38. The highest BCUT2D eigenvalue weighted by atomic mass is 31.2. The molecule has 0 rings (SSSR count). The van der Waals surface area contributed by atoms with E-state index in [0.29, 0.717) is 17.4 Å². The molecule has 0 aliphatic rings. The Kier molecular flexibility index (Phi) is 31.5. The smallest absolute Gasteiger partial charge is 0.462 e. The Labute approximate surface area is 305 Å². The van der Waals surface area contributed by atoms with Gasteiger partial charge in [0.05, 0.1) is 27.7 Å². The van der Waals surface area contributed by atoms with Crippen LogP contribution in [0.4, 0.5) is 0 Å². The lowest BCUT2D eigenvalue weighted by Crippen LogP contribution is -2.37. The van der Waals surface area contributed by atoms with E-state index < -0.39 is 32.5 Å². The molecule has 0 aromatic rings. The Balaban J connectivity index is 4.54. The number of hydrogen-bond donors (Lipinski definition) is 1. The molecule has 290 valence electrons. The van der Waals surface area contributed by atoms with E-state index in [0.717, 1.165) is 77.0 Å². The molecule has 0 aromatic heterocycles. The number of ether oxygens (including phenoxy) is 2. The van der Waals surface area contributed by atoms with Gasteiger partial charge in [-0.1, -0.05) is 107 Å². The molecule has 0 radical (unpaired) electrons. The number of allylic oxidation sites excluding steroid dienone is 8. The normalized spacial score (nSPS) is 14.3. The van der Waals surface area contributed by atoms with E-state index in [1.54, 1.807) is 0 Å². The molecule has 1 unspecified atom stereocenters. The largest absolute Gasteiger partial charge is 0.472 e. The van der Waals surface area contributed by atoms with Crippen LogP contribution in [0.2, 0.25) is 0 Å². The molecule has 0 saturated heterocycles. The van der Waals surface area contributed by atoms with Crippen molar-refractivity contribution in [1.29, 1.82) is 0 Å². The van der Waals surface area contributed by atoms with Crippen LogP contribution in [0.25, 0.3) is 0 Å². The predicted molar refractivity (Wildman–Crippen MR) is 206 cm³/mol. The lowest BCUT2D eigenvalue weighted by Gasteiger charge is -2.24. The number of hydrogen-bond acceptors (Lipinski definition) is 7. The third-order valence-corrected chi connectivity index (χ3v) is 8.82. The van der Waals surface area contributed by atoms with Gasteiger partial charge in [-0.2, -0.15) is 0 Å². The molecule has 0 bridgehead atoms. The minimum absolute atomic E-state index is 0.0215. The Hall–Kier alpha value is -2.03. The molecule has 0 aromatic carbocycles. The summed E-state index contributed by atoms with van der Waals surface area (Å²) in [5, 5.41) is 0. The van der Waals surface area contributed by atoms with Gasteiger partial charge in [0.15, 0.2) is 6.10 Å². The standard InChI is InChI=1S/C40H72NO8P/c1-6-8-10-12-14-16-18-19-20-21-23-25-27-29-31-33-40(43)49-38(37-48-50(44,45)47-35-34-41(3,4)5)36-46-39(42)32-30-28-26-24-22-17-15-13-11-9-7-2/h13-16,19-20,23,25,38H,6-12,17-18,21-22,24,26-37H2,1-5H3/p+1/b15-13-,16-14-,20-19-,25-23-/t38-/m1/s1.